The largest absolute Gasteiger partial charge is 0.493 e. The van der Waals surface area contributed by atoms with Crippen molar-refractivity contribution in [3.63, 3.8) is 0 Å². The fourth-order valence-electron chi connectivity index (χ4n) is 3.12. The zero-order chi connectivity index (χ0) is 21.1. The molecule has 0 heterocycles. The Bertz CT molecular complexity index is 761. The Kier molecular flexibility index (Phi) is 9.53. The minimum Gasteiger partial charge on any atom is -0.493 e. The Morgan fingerprint density at radius 3 is 2.62 bits per heavy atom. The maximum Gasteiger partial charge on any atom is 0.191 e. The average molecular weight is 428 g/mol. The SMILES string of the molecule is CN=C(NCCOCCS(C)(=O)=O)NCc1cccc(OC)c1OC1CCCC1. The Morgan fingerprint density at radius 1 is 1.21 bits per heavy atom. The number of rotatable bonds is 11. The molecule has 2 N–H and O–H groups in total. The van der Waals surface area contributed by atoms with Gasteiger partial charge in [0.1, 0.15) is 9.84 Å². The molecule has 164 valence electrons. The summed E-state index contributed by atoms with van der Waals surface area (Å²) in [7, 11) is 0.353. The van der Waals surface area contributed by atoms with Crippen molar-refractivity contribution in [2.24, 2.45) is 4.99 Å². The van der Waals surface area contributed by atoms with E-state index in [1.54, 1.807) is 14.2 Å². The fourth-order valence-corrected chi connectivity index (χ4v) is 3.54. The number of aliphatic imine (C=N–C) groups is 1. The van der Waals surface area contributed by atoms with Crippen molar-refractivity contribution in [1.29, 1.82) is 0 Å². The van der Waals surface area contributed by atoms with E-state index in [1.165, 1.54) is 19.1 Å². The van der Waals surface area contributed by atoms with E-state index in [9.17, 15) is 8.42 Å². The first-order chi connectivity index (χ1) is 13.9. The van der Waals surface area contributed by atoms with Crippen molar-refractivity contribution in [3.05, 3.63) is 23.8 Å². The lowest BCUT2D eigenvalue weighted by Gasteiger charge is -2.20. The first kappa shape index (κ1) is 23.3. The molecule has 0 aliphatic heterocycles. The highest BCUT2D eigenvalue weighted by Crippen LogP contribution is 2.34. The van der Waals surface area contributed by atoms with Crippen LogP contribution in [0.3, 0.4) is 0 Å². The van der Waals surface area contributed by atoms with Crippen LogP contribution >= 0.6 is 0 Å². The molecule has 8 nitrogen and oxygen atoms in total. The smallest absolute Gasteiger partial charge is 0.191 e. The van der Waals surface area contributed by atoms with Crippen molar-refractivity contribution < 1.29 is 22.6 Å². The summed E-state index contributed by atoms with van der Waals surface area (Å²) in [5, 5.41) is 6.42. The van der Waals surface area contributed by atoms with Gasteiger partial charge >= 0.3 is 0 Å². The Morgan fingerprint density at radius 2 is 1.97 bits per heavy atom. The summed E-state index contributed by atoms with van der Waals surface area (Å²) in [4.78, 5) is 4.21. The summed E-state index contributed by atoms with van der Waals surface area (Å²) in [6.45, 7) is 1.64. The van der Waals surface area contributed by atoms with E-state index >= 15 is 0 Å². The lowest BCUT2D eigenvalue weighted by atomic mass is 10.1. The van der Waals surface area contributed by atoms with Crippen LogP contribution in [0.25, 0.3) is 0 Å². The number of benzene rings is 1. The molecule has 1 aliphatic rings. The minimum absolute atomic E-state index is 0.0274. The molecule has 0 radical (unpaired) electrons. The van der Waals surface area contributed by atoms with E-state index in [0.717, 1.165) is 29.9 Å². The summed E-state index contributed by atoms with van der Waals surface area (Å²) < 4.78 is 39.2. The van der Waals surface area contributed by atoms with E-state index in [4.69, 9.17) is 14.2 Å². The van der Waals surface area contributed by atoms with Gasteiger partial charge in [-0.25, -0.2) is 8.42 Å². The van der Waals surface area contributed by atoms with Gasteiger partial charge in [-0.2, -0.15) is 0 Å². The summed E-state index contributed by atoms with van der Waals surface area (Å²) in [5.41, 5.74) is 1.00. The van der Waals surface area contributed by atoms with Crippen LogP contribution < -0.4 is 20.1 Å². The van der Waals surface area contributed by atoms with Gasteiger partial charge in [0.15, 0.2) is 17.5 Å². The molecule has 0 aromatic heterocycles. The Labute approximate surface area is 173 Å². The molecule has 0 unspecified atom stereocenters. The summed E-state index contributed by atoms with van der Waals surface area (Å²) in [6, 6.07) is 5.87. The maximum atomic E-state index is 11.1. The van der Waals surface area contributed by atoms with E-state index in [1.807, 2.05) is 18.2 Å². The van der Waals surface area contributed by atoms with Gasteiger partial charge in [-0.05, 0) is 31.7 Å². The molecule has 1 aromatic carbocycles. The number of ether oxygens (including phenoxy) is 3. The predicted octanol–water partition coefficient (Wildman–Crippen LogP) is 1.74. The zero-order valence-electron chi connectivity index (χ0n) is 17.6. The molecule has 1 aromatic rings. The van der Waals surface area contributed by atoms with Crippen molar-refractivity contribution >= 4 is 15.8 Å². The summed E-state index contributed by atoms with van der Waals surface area (Å²) in [5.74, 6) is 2.18. The van der Waals surface area contributed by atoms with Crippen LogP contribution in [-0.2, 0) is 21.1 Å². The zero-order valence-corrected chi connectivity index (χ0v) is 18.4. The number of hydrogen-bond donors (Lipinski definition) is 2. The molecule has 0 atom stereocenters. The highest BCUT2D eigenvalue weighted by molar-refractivity contribution is 7.90. The lowest BCUT2D eigenvalue weighted by Crippen LogP contribution is -2.38. The van der Waals surface area contributed by atoms with Gasteiger partial charge in [0.2, 0.25) is 0 Å². The third-order valence-corrected chi connectivity index (χ3v) is 5.58. The van der Waals surface area contributed by atoms with Crippen LogP contribution in [0.5, 0.6) is 11.5 Å². The Hall–Kier alpha value is -2.00. The monoisotopic (exact) mass is 427 g/mol. The van der Waals surface area contributed by atoms with Gasteiger partial charge in [-0.3, -0.25) is 4.99 Å². The van der Waals surface area contributed by atoms with Crippen LogP contribution in [0, 0.1) is 0 Å². The van der Waals surface area contributed by atoms with Gasteiger partial charge in [-0.1, -0.05) is 12.1 Å². The second-order valence-electron chi connectivity index (χ2n) is 7.07. The highest BCUT2D eigenvalue weighted by Gasteiger charge is 2.20. The van der Waals surface area contributed by atoms with Crippen LogP contribution in [0.15, 0.2) is 23.2 Å². The van der Waals surface area contributed by atoms with Crippen molar-refractivity contribution in [1.82, 2.24) is 10.6 Å². The molecule has 0 spiro atoms. The van der Waals surface area contributed by atoms with Crippen molar-refractivity contribution in [2.75, 3.05) is 45.9 Å². The van der Waals surface area contributed by atoms with Crippen molar-refractivity contribution in [2.45, 2.75) is 38.3 Å². The average Bonchev–Trinajstić information content (AvgIpc) is 3.20. The van der Waals surface area contributed by atoms with Gasteiger partial charge in [0, 0.05) is 32.0 Å². The molecule has 1 aliphatic carbocycles. The normalized spacial score (nSPS) is 15.3. The number of hydrogen-bond acceptors (Lipinski definition) is 6. The molecule has 0 amide bonds. The quantitative estimate of drug-likeness (QED) is 0.315. The number of methoxy groups -OCH3 is 1. The first-order valence-corrected chi connectivity index (χ1v) is 12.0. The van der Waals surface area contributed by atoms with Crippen LogP contribution in [0.1, 0.15) is 31.2 Å². The van der Waals surface area contributed by atoms with Gasteiger partial charge in [0.05, 0.1) is 32.2 Å². The Balaban J connectivity index is 1.83. The third kappa shape index (κ3) is 8.49. The topological polar surface area (TPSA) is 98.3 Å². The van der Waals surface area contributed by atoms with E-state index in [-0.39, 0.29) is 18.5 Å². The van der Waals surface area contributed by atoms with Crippen molar-refractivity contribution in [3.8, 4) is 11.5 Å². The van der Waals surface area contributed by atoms with E-state index < -0.39 is 9.84 Å². The summed E-state index contributed by atoms with van der Waals surface area (Å²) >= 11 is 0. The third-order valence-electron chi connectivity index (χ3n) is 4.67. The second kappa shape index (κ2) is 11.9. The highest BCUT2D eigenvalue weighted by atomic mass is 32.2. The number of nitrogens with zero attached hydrogens (tertiary/aromatic N) is 1. The van der Waals surface area contributed by atoms with Gasteiger partial charge in [-0.15, -0.1) is 0 Å². The predicted molar refractivity (Wildman–Crippen MR) is 115 cm³/mol. The molecule has 0 saturated heterocycles. The van der Waals surface area contributed by atoms with E-state index in [2.05, 4.69) is 15.6 Å². The first-order valence-electron chi connectivity index (χ1n) is 9.95. The summed E-state index contributed by atoms with van der Waals surface area (Å²) in [6.07, 6.45) is 6.00. The molecule has 2 rings (SSSR count). The lowest BCUT2D eigenvalue weighted by molar-refractivity contribution is 0.154. The van der Waals surface area contributed by atoms with Gasteiger partial charge < -0.3 is 24.8 Å². The number of nitrogens with one attached hydrogen (secondary N) is 2. The fraction of sp³-hybridized carbons (Fsp3) is 0.650. The molecule has 29 heavy (non-hydrogen) atoms. The van der Waals surface area contributed by atoms with Crippen LogP contribution in [-0.4, -0.2) is 66.4 Å². The number of para-hydroxylation sites is 1. The number of guanidine groups is 1. The molecular formula is C20H33N3O5S. The molecular weight excluding hydrogens is 394 g/mol. The van der Waals surface area contributed by atoms with Crippen LogP contribution in [0.4, 0.5) is 0 Å². The van der Waals surface area contributed by atoms with E-state index in [0.29, 0.717) is 25.7 Å². The molecule has 1 saturated carbocycles. The molecule has 0 bridgehead atoms. The minimum atomic E-state index is -2.99. The number of sulfone groups is 1. The van der Waals surface area contributed by atoms with Gasteiger partial charge in [0.25, 0.3) is 0 Å². The van der Waals surface area contributed by atoms with Crippen LogP contribution in [0.2, 0.25) is 0 Å². The standard InChI is InChI=1S/C20H33N3O5S/c1-21-20(22-11-12-27-13-14-29(3,24)25)23-15-16-7-6-10-18(26-2)19(16)28-17-8-4-5-9-17/h6-7,10,17H,4-5,8-9,11-15H2,1-3H3,(H2,21,22,23). The molecule has 1 fully saturated rings. The molecule has 9 heteroatoms. The maximum absolute atomic E-state index is 11.1. The second-order valence-corrected chi connectivity index (χ2v) is 9.33.